The molecule has 0 saturated heterocycles. The van der Waals surface area contributed by atoms with E-state index in [0.717, 1.165) is 5.56 Å². The number of aromatic nitrogens is 4. The third-order valence-corrected chi connectivity index (χ3v) is 4.83. The lowest BCUT2D eigenvalue weighted by molar-refractivity contribution is -0.113. The van der Waals surface area contributed by atoms with Crippen LogP contribution in [0.4, 0.5) is 11.6 Å². The molecule has 0 spiro atoms. The first-order valence-electron chi connectivity index (χ1n) is 9.12. The summed E-state index contributed by atoms with van der Waals surface area (Å²) in [7, 11) is 0. The molecule has 0 radical (unpaired) electrons. The van der Waals surface area contributed by atoms with Gasteiger partial charge in [0.25, 0.3) is 5.91 Å². The summed E-state index contributed by atoms with van der Waals surface area (Å²) in [5.74, 6) is 0.865. The summed E-state index contributed by atoms with van der Waals surface area (Å²) in [5.41, 5.74) is 2.59. The van der Waals surface area contributed by atoms with Gasteiger partial charge in [0.15, 0.2) is 0 Å². The van der Waals surface area contributed by atoms with Crippen molar-refractivity contribution in [3.8, 4) is 5.75 Å². The maximum absolute atomic E-state index is 13.3. The predicted molar refractivity (Wildman–Crippen MR) is 110 cm³/mol. The van der Waals surface area contributed by atoms with Crippen molar-refractivity contribution in [2.75, 3.05) is 17.2 Å². The third kappa shape index (κ3) is 3.66. The normalized spacial score (nSPS) is 15.5. The average Bonchev–Trinajstić information content (AvgIpc) is 3.17. The van der Waals surface area contributed by atoms with E-state index in [2.05, 4.69) is 26.2 Å². The number of para-hydroxylation sites is 1. The Kier molecular flexibility index (Phi) is 5.18. The van der Waals surface area contributed by atoms with Gasteiger partial charge in [0, 0.05) is 22.0 Å². The maximum atomic E-state index is 13.3. The molecule has 4 rings (SSSR count). The molecule has 1 aliphatic heterocycles. The number of benzene rings is 2. The molecule has 0 bridgehead atoms. The van der Waals surface area contributed by atoms with Crippen molar-refractivity contribution in [2.45, 2.75) is 19.9 Å². The second-order valence-electron chi connectivity index (χ2n) is 6.45. The van der Waals surface area contributed by atoms with Crippen LogP contribution in [-0.2, 0) is 4.79 Å². The minimum atomic E-state index is -0.545. The van der Waals surface area contributed by atoms with Crippen molar-refractivity contribution in [3.63, 3.8) is 0 Å². The van der Waals surface area contributed by atoms with Gasteiger partial charge in [-0.2, -0.15) is 4.68 Å². The Balaban J connectivity index is 1.78. The lowest BCUT2D eigenvalue weighted by Crippen LogP contribution is -2.31. The molecule has 9 heteroatoms. The van der Waals surface area contributed by atoms with Crippen LogP contribution in [0, 0.1) is 0 Å². The number of halogens is 1. The molecule has 148 valence electrons. The molecule has 1 atom stereocenters. The van der Waals surface area contributed by atoms with Crippen LogP contribution in [-0.4, -0.2) is 32.7 Å². The number of carbonyl (C=O) groups is 1. The van der Waals surface area contributed by atoms with Crippen LogP contribution in [0.1, 0.15) is 25.5 Å². The standard InChI is InChI=1S/C20H19ClN6O2/c1-3-29-16-7-5-4-6-15(16)18-17(12(2)22-20-24-25-26-27(18)20)19(28)23-14-10-8-13(21)9-11-14/h4-11,18H,3H2,1-2H3,(H,23,28)(H,22,24,26)/t18-/m0/s1. The fourth-order valence-electron chi connectivity index (χ4n) is 3.32. The molecule has 2 N–H and O–H groups in total. The largest absolute Gasteiger partial charge is 0.494 e. The molecule has 1 aromatic heterocycles. The molecule has 2 heterocycles. The minimum absolute atomic E-state index is 0.269. The lowest BCUT2D eigenvalue weighted by Gasteiger charge is -2.29. The van der Waals surface area contributed by atoms with E-state index in [4.69, 9.17) is 16.3 Å². The molecular formula is C20H19ClN6O2. The fraction of sp³-hybridized carbons (Fsp3) is 0.200. The highest BCUT2D eigenvalue weighted by Crippen LogP contribution is 2.38. The summed E-state index contributed by atoms with van der Waals surface area (Å²) < 4.78 is 7.39. The van der Waals surface area contributed by atoms with Crippen LogP contribution in [0.25, 0.3) is 0 Å². The first-order chi connectivity index (χ1) is 14.1. The van der Waals surface area contributed by atoms with E-state index in [-0.39, 0.29) is 5.91 Å². The Morgan fingerprint density at radius 1 is 1.24 bits per heavy atom. The zero-order chi connectivity index (χ0) is 20.4. The van der Waals surface area contributed by atoms with E-state index >= 15 is 0 Å². The van der Waals surface area contributed by atoms with Gasteiger partial charge in [0.2, 0.25) is 5.95 Å². The fourth-order valence-corrected chi connectivity index (χ4v) is 3.44. The second kappa shape index (κ2) is 7.92. The van der Waals surface area contributed by atoms with Crippen molar-refractivity contribution in [3.05, 3.63) is 70.4 Å². The number of hydrogen-bond acceptors (Lipinski definition) is 6. The van der Waals surface area contributed by atoms with Crippen LogP contribution >= 0.6 is 11.6 Å². The number of ether oxygens (including phenoxy) is 1. The number of amides is 1. The Morgan fingerprint density at radius 3 is 2.76 bits per heavy atom. The number of fused-ring (bicyclic) bond motifs is 1. The number of rotatable bonds is 5. The van der Waals surface area contributed by atoms with Crippen molar-refractivity contribution in [1.82, 2.24) is 20.2 Å². The number of nitrogens with zero attached hydrogens (tertiary/aromatic N) is 4. The van der Waals surface area contributed by atoms with Gasteiger partial charge in [-0.1, -0.05) is 34.9 Å². The number of allylic oxidation sites excluding steroid dienone is 1. The highest BCUT2D eigenvalue weighted by atomic mass is 35.5. The lowest BCUT2D eigenvalue weighted by atomic mass is 9.94. The van der Waals surface area contributed by atoms with E-state index in [0.29, 0.717) is 40.3 Å². The SMILES string of the molecule is CCOc1ccccc1[C@H]1C(C(=O)Nc2ccc(Cl)cc2)=C(C)Nc2nnnn21. The summed E-state index contributed by atoms with van der Waals surface area (Å²) in [6.07, 6.45) is 0. The molecule has 2 aromatic carbocycles. The smallest absolute Gasteiger partial charge is 0.255 e. The van der Waals surface area contributed by atoms with Gasteiger partial charge >= 0.3 is 0 Å². The summed E-state index contributed by atoms with van der Waals surface area (Å²) in [6.45, 7) is 4.24. The van der Waals surface area contributed by atoms with E-state index in [9.17, 15) is 4.79 Å². The molecule has 1 amide bonds. The Labute approximate surface area is 172 Å². The van der Waals surface area contributed by atoms with Crippen LogP contribution in [0.5, 0.6) is 5.75 Å². The van der Waals surface area contributed by atoms with Gasteiger partial charge in [0.05, 0.1) is 12.2 Å². The third-order valence-electron chi connectivity index (χ3n) is 4.57. The predicted octanol–water partition coefficient (Wildman–Crippen LogP) is 3.65. The van der Waals surface area contributed by atoms with Gasteiger partial charge in [-0.05, 0) is 54.6 Å². The Hall–Kier alpha value is -3.39. The molecule has 29 heavy (non-hydrogen) atoms. The first-order valence-corrected chi connectivity index (χ1v) is 9.50. The van der Waals surface area contributed by atoms with Crippen molar-refractivity contribution < 1.29 is 9.53 Å². The first kappa shape index (κ1) is 18.9. The van der Waals surface area contributed by atoms with E-state index in [1.165, 1.54) is 0 Å². The van der Waals surface area contributed by atoms with Gasteiger partial charge in [-0.25, -0.2) is 0 Å². The average molecular weight is 411 g/mol. The van der Waals surface area contributed by atoms with E-state index in [1.807, 2.05) is 38.1 Å². The molecule has 3 aromatic rings. The second-order valence-corrected chi connectivity index (χ2v) is 6.88. The molecule has 1 aliphatic rings. The number of carbonyl (C=O) groups excluding carboxylic acids is 1. The summed E-state index contributed by atoms with van der Waals surface area (Å²) >= 11 is 5.94. The molecule has 0 fully saturated rings. The summed E-state index contributed by atoms with van der Waals surface area (Å²) in [6, 6.07) is 14.0. The summed E-state index contributed by atoms with van der Waals surface area (Å²) in [5, 5.41) is 18.5. The Morgan fingerprint density at radius 2 is 2.00 bits per heavy atom. The van der Waals surface area contributed by atoms with Gasteiger partial charge < -0.3 is 15.4 Å². The van der Waals surface area contributed by atoms with Crippen LogP contribution in [0.15, 0.2) is 59.8 Å². The maximum Gasteiger partial charge on any atom is 0.255 e. The molecule has 0 aliphatic carbocycles. The van der Waals surface area contributed by atoms with Gasteiger partial charge in [0.1, 0.15) is 11.8 Å². The van der Waals surface area contributed by atoms with E-state index < -0.39 is 6.04 Å². The molecule has 0 unspecified atom stereocenters. The van der Waals surface area contributed by atoms with Crippen molar-refractivity contribution in [1.29, 1.82) is 0 Å². The summed E-state index contributed by atoms with van der Waals surface area (Å²) in [4.78, 5) is 13.3. The van der Waals surface area contributed by atoms with Gasteiger partial charge in [-0.15, -0.1) is 0 Å². The molecule has 8 nitrogen and oxygen atoms in total. The molecule has 0 saturated carbocycles. The topological polar surface area (TPSA) is 94.0 Å². The van der Waals surface area contributed by atoms with E-state index in [1.54, 1.807) is 28.9 Å². The van der Waals surface area contributed by atoms with Crippen LogP contribution in [0.3, 0.4) is 0 Å². The Bertz CT molecular complexity index is 1080. The quantitative estimate of drug-likeness (QED) is 0.666. The number of nitrogens with one attached hydrogen (secondary N) is 2. The van der Waals surface area contributed by atoms with Crippen LogP contribution in [0.2, 0.25) is 5.02 Å². The monoisotopic (exact) mass is 410 g/mol. The van der Waals surface area contributed by atoms with Crippen LogP contribution < -0.4 is 15.4 Å². The van der Waals surface area contributed by atoms with Crippen molar-refractivity contribution in [2.24, 2.45) is 0 Å². The minimum Gasteiger partial charge on any atom is -0.494 e. The zero-order valence-corrected chi connectivity index (χ0v) is 16.6. The highest BCUT2D eigenvalue weighted by molar-refractivity contribution is 6.30. The van der Waals surface area contributed by atoms with Crippen molar-refractivity contribution >= 4 is 29.1 Å². The number of hydrogen-bond donors (Lipinski definition) is 2. The number of tetrazole rings is 1. The highest BCUT2D eigenvalue weighted by Gasteiger charge is 2.35. The number of anilines is 2. The zero-order valence-electron chi connectivity index (χ0n) is 15.9. The van der Waals surface area contributed by atoms with Gasteiger partial charge in [-0.3, -0.25) is 4.79 Å². The molecular weight excluding hydrogens is 392 g/mol.